The van der Waals surface area contributed by atoms with Gasteiger partial charge in [0.05, 0.1) is 0 Å². The molecule has 0 spiro atoms. The Balaban J connectivity index is 1.94. The van der Waals surface area contributed by atoms with Gasteiger partial charge in [-0.25, -0.2) is 4.79 Å². The Morgan fingerprint density at radius 3 is 2.68 bits per heavy atom. The molecule has 1 aromatic carbocycles. The highest BCUT2D eigenvalue weighted by atomic mass is 16.2. The smallest absolute Gasteiger partial charge is 0.325 e. The Hall–Kier alpha value is -2.10. The lowest BCUT2D eigenvalue weighted by Gasteiger charge is -2.09. The number of imide groups is 1. The maximum atomic E-state index is 12.0. The molecule has 1 fully saturated rings. The Morgan fingerprint density at radius 2 is 2.00 bits per heavy atom. The quantitative estimate of drug-likeness (QED) is 0.825. The van der Waals surface area contributed by atoms with Gasteiger partial charge in [0.2, 0.25) is 0 Å². The van der Waals surface area contributed by atoms with Crippen molar-refractivity contribution >= 4 is 18.0 Å². The van der Waals surface area contributed by atoms with E-state index in [1.807, 2.05) is 49.4 Å². The van der Waals surface area contributed by atoms with Gasteiger partial charge in [-0.15, -0.1) is 0 Å². The van der Waals surface area contributed by atoms with Crippen LogP contribution in [0.1, 0.15) is 25.3 Å². The summed E-state index contributed by atoms with van der Waals surface area (Å²) in [6.45, 7) is 2.32. The standard InChI is InChI=1S/C15H18N2O2/c1-2-7-13-14(18)17(15(19)16-13)11-6-10-12-8-4-3-5-9-12/h3-6,8-10,13H,2,7,11H2,1H3,(H,16,19)/b10-6+. The highest BCUT2D eigenvalue weighted by Gasteiger charge is 2.36. The zero-order chi connectivity index (χ0) is 13.7. The lowest BCUT2D eigenvalue weighted by Crippen LogP contribution is -2.31. The van der Waals surface area contributed by atoms with E-state index in [1.54, 1.807) is 0 Å². The average Bonchev–Trinajstić information content (AvgIpc) is 2.68. The van der Waals surface area contributed by atoms with Crippen molar-refractivity contribution in [3.63, 3.8) is 0 Å². The fourth-order valence-electron chi connectivity index (χ4n) is 2.09. The van der Waals surface area contributed by atoms with E-state index in [-0.39, 0.29) is 18.0 Å². The molecule has 1 unspecified atom stereocenters. The molecular formula is C15H18N2O2. The number of urea groups is 1. The molecule has 0 aromatic heterocycles. The average molecular weight is 258 g/mol. The predicted octanol–water partition coefficient (Wildman–Crippen LogP) is 2.42. The van der Waals surface area contributed by atoms with E-state index in [2.05, 4.69) is 5.32 Å². The number of amides is 3. The molecule has 3 amide bonds. The van der Waals surface area contributed by atoms with Crippen LogP contribution in [0.3, 0.4) is 0 Å². The Morgan fingerprint density at radius 1 is 1.26 bits per heavy atom. The number of carbonyl (C=O) groups is 2. The molecule has 0 bridgehead atoms. The van der Waals surface area contributed by atoms with Crippen LogP contribution in [0.15, 0.2) is 36.4 Å². The van der Waals surface area contributed by atoms with E-state index >= 15 is 0 Å². The van der Waals surface area contributed by atoms with Crippen molar-refractivity contribution in [1.82, 2.24) is 10.2 Å². The summed E-state index contributed by atoms with van der Waals surface area (Å²) in [5, 5.41) is 2.71. The van der Waals surface area contributed by atoms with Crippen LogP contribution >= 0.6 is 0 Å². The molecule has 100 valence electrons. The maximum absolute atomic E-state index is 12.0. The van der Waals surface area contributed by atoms with Gasteiger partial charge in [-0.05, 0) is 12.0 Å². The van der Waals surface area contributed by atoms with Gasteiger partial charge in [-0.1, -0.05) is 55.8 Å². The van der Waals surface area contributed by atoms with Crippen molar-refractivity contribution in [3.8, 4) is 0 Å². The summed E-state index contributed by atoms with van der Waals surface area (Å²) in [6.07, 6.45) is 5.32. The third kappa shape index (κ3) is 3.22. The van der Waals surface area contributed by atoms with E-state index in [1.165, 1.54) is 4.90 Å². The second-order valence-electron chi connectivity index (χ2n) is 4.55. The zero-order valence-electron chi connectivity index (χ0n) is 11.0. The first kappa shape index (κ1) is 13.3. The third-order valence-electron chi connectivity index (χ3n) is 3.08. The molecule has 1 saturated heterocycles. The van der Waals surface area contributed by atoms with Gasteiger partial charge in [-0.3, -0.25) is 9.69 Å². The molecule has 1 heterocycles. The molecule has 1 aromatic rings. The molecule has 4 nitrogen and oxygen atoms in total. The van der Waals surface area contributed by atoms with Gasteiger partial charge in [0, 0.05) is 6.54 Å². The molecule has 1 aliphatic rings. The van der Waals surface area contributed by atoms with Gasteiger partial charge in [0.25, 0.3) is 5.91 Å². The summed E-state index contributed by atoms with van der Waals surface area (Å²) in [5.74, 6) is -0.121. The van der Waals surface area contributed by atoms with Crippen molar-refractivity contribution in [2.45, 2.75) is 25.8 Å². The van der Waals surface area contributed by atoms with Crippen LogP contribution in [0.5, 0.6) is 0 Å². The summed E-state index contributed by atoms with van der Waals surface area (Å²) < 4.78 is 0. The largest absolute Gasteiger partial charge is 0.326 e. The molecule has 1 atom stereocenters. The van der Waals surface area contributed by atoms with Gasteiger partial charge in [0.1, 0.15) is 6.04 Å². The predicted molar refractivity (Wildman–Crippen MR) is 74.4 cm³/mol. The van der Waals surface area contributed by atoms with E-state index in [4.69, 9.17) is 0 Å². The van der Waals surface area contributed by atoms with Crippen molar-refractivity contribution in [3.05, 3.63) is 42.0 Å². The number of benzene rings is 1. The van der Waals surface area contributed by atoms with Gasteiger partial charge < -0.3 is 5.32 Å². The van der Waals surface area contributed by atoms with Crippen molar-refractivity contribution < 1.29 is 9.59 Å². The summed E-state index contributed by atoms with van der Waals surface area (Å²) in [7, 11) is 0. The first-order chi connectivity index (χ1) is 9.22. The van der Waals surface area contributed by atoms with Gasteiger partial charge >= 0.3 is 6.03 Å². The number of nitrogens with one attached hydrogen (secondary N) is 1. The molecule has 1 aliphatic heterocycles. The van der Waals surface area contributed by atoms with E-state index < -0.39 is 0 Å². The van der Waals surface area contributed by atoms with Gasteiger partial charge in [-0.2, -0.15) is 0 Å². The first-order valence-electron chi connectivity index (χ1n) is 6.56. The van der Waals surface area contributed by atoms with Gasteiger partial charge in [0.15, 0.2) is 0 Å². The first-order valence-corrected chi connectivity index (χ1v) is 6.56. The molecule has 4 heteroatoms. The molecule has 0 saturated carbocycles. The lowest BCUT2D eigenvalue weighted by molar-refractivity contribution is -0.127. The number of rotatable bonds is 5. The molecule has 1 N–H and O–H groups in total. The highest BCUT2D eigenvalue weighted by molar-refractivity contribution is 6.04. The maximum Gasteiger partial charge on any atom is 0.325 e. The molecule has 19 heavy (non-hydrogen) atoms. The summed E-state index contributed by atoms with van der Waals surface area (Å²) >= 11 is 0. The lowest BCUT2D eigenvalue weighted by atomic mass is 10.1. The Bertz CT molecular complexity index is 482. The van der Waals surface area contributed by atoms with Crippen LogP contribution in [0.25, 0.3) is 6.08 Å². The number of nitrogens with zero attached hydrogens (tertiary/aromatic N) is 1. The summed E-state index contributed by atoms with van der Waals surface area (Å²) in [6, 6.07) is 9.16. The van der Waals surface area contributed by atoms with Crippen LogP contribution in [-0.4, -0.2) is 29.4 Å². The minimum atomic E-state index is -0.345. The third-order valence-corrected chi connectivity index (χ3v) is 3.08. The number of carbonyl (C=O) groups excluding carboxylic acids is 2. The Labute approximate surface area is 113 Å². The van der Waals surface area contributed by atoms with Crippen LogP contribution in [0.2, 0.25) is 0 Å². The molecular weight excluding hydrogens is 240 g/mol. The molecule has 0 radical (unpaired) electrons. The normalized spacial score (nSPS) is 19.2. The number of hydrogen-bond acceptors (Lipinski definition) is 2. The summed E-state index contributed by atoms with van der Waals surface area (Å²) in [4.78, 5) is 24.9. The molecule has 0 aliphatic carbocycles. The van der Waals surface area contributed by atoms with Crippen LogP contribution in [0, 0.1) is 0 Å². The van der Waals surface area contributed by atoms with Crippen molar-refractivity contribution in [1.29, 1.82) is 0 Å². The topological polar surface area (TPSA) is 49.4 Å². The monoisotopic (exact) mass is 258 g/mol. The van der Waals surface area contributed by atoms with E-state index in [0.717, 1.165) is 12.0 Å². The van der Waals surface area contributed by atoms with Crippen LogP contribution < -0.4 is 5.32 Å². The van der Waals surface area contributed by atoms with E-state index in [9.17, 15) is 9.59 Å². The number of hydrogen-bond donors (Lipinski definition) is 1. The minimum absolute atomic E-state index is 0.121. The minimum Gasteiger partial charge on any atom is -0.326 e. The van der Waals surface area contributed by atoms with E-state index in [0.29, 0.717) is 13.0 Å². The fraction of sp³-hybridized carbons (Fsp3) is 0.333. The fourth-order valence-corrected chi connectivity index (χ4v) is 2.09. The highest BCUT2D eigenvalue weighted by Crippen LogP contribution is 2.11. The Kier molecular flexibility index (Phi) is 4.34. The van der Waals surface area contributed by atoms with Crippen LogP contribution in [-0.2, 0) is 4.79 Å². The van der Waals surface area contributed by atoms with Crippen LogP contribution in [0.4, 0.5) is 4.79 Å². The van der Waals surface area contributed by atoms with Crippen molar-refractivity contribution in [2.24, 2.45) is 0 Å². The summed E-state index contributed by atoms with van der Waals surface area (Å²) in [5.41, 5.74) is 1.06. The van der Waals surface area contributed by atoms with Crippen molar-refractivity contribution in [2.75, 3.05) is 6.54 Å². The second kappa shape index (κ2) is 6.18. The SMILES string of the molecule is CCCC1NC(=O)N(C/C=C/c2ccccc2)C1=O. The zero-order valence-corrected chi connectivity index (χ0v) is 11.0. The second-order valence-corrected chi connectivity index (χ2v) is 4.55. The molecule has 2 rings (SSSR count).